The highest BCUT2D eigenvalue weighted by Gasteiger charge is 2.03. The normalized spacial score (nSPS) is 13.8. The number of likely N-dealkylation sites (N-methyl/N-ethyl adjacent to an activating group) is 1. The van der Waals surface area contributed by atoms with Gasteiger partial charge in [-0.1, -0.05) is 25.1 Å². The van der Waals surface area contributed by atoms with Crippen LogP contribution in [0.15, 0.2) is 35.3 Å². The van der Waals surface area contributed by atoms with Gasteiger partial charge in [-0.15, -0.1) is 0 Å². The van der Waals surface area contributed by atoms with Crippen molar-refractivity contribution >= 4 is 11.5 Å². The van der Waals surface area contributed by atoms with Gasteiger partial charge in [0.05, 0.1) is 11.9 Å². The summed E-state index contributed by atoms with van der Waals surface area (Å²) in [7, 11) is 2.12. The standard InChI is InChI=1S/C14H23N3/c1-5-17(4)11-12(2)15-13(3)16-14-9-7-6-8-10-14/h6-10,12H,5,11H2,1-4H3,(H,15,16). The first-order chi connectivity index (χ1) is 8.11. The third-order valence-electron chi connectivity index (χ3n) is 2.63. The second-order valence-corrected chi connectivity index (χ2v) is 4.41. The number of nitrogens with one attached hydrogen (secondary N) is 1. The SMILES string of the molecule is CCN(C)CC(C)/N=C(\C)Nc1ccccc1. The number of rotatable bonds is 5. The zero-order valence-electron chi connectivity index (χ0n) is 11.3. The molecular weight excluding hydrogens is 210 g/mol. The van der Waals surface area contributed by atoms with Crippen LogP contribution in [-0.2, 0) is 0 Å². The van der Waals surface area contributed by atoms with E-state index in [-0.39, 0.29) is 0 Å². The van der Waals surface area contributed by atoms with Crippen LogP contribution >= 0.6 is 0 Å². The van der Waals surface area contributed by atoms with E-state index in [9.17, 15) is 0 Å². The highest BCUT2D eigenvalue weighted by molar-refractivity contribution is 5.93. The molecule has 1 aromatic rings. The minimum atomic E-state index is 0.316. The smallest absolute Gasteiger partial charge is 0.0979 e. The van der Waals surface area contributed by atoms with Crippen molar-refractivity contribution in [3.63, 3.8) is 0 Å². The fourth-order valence-electron chi connectivity index (χ4n) is 1.71. The van der Waals surface area contributed by atoms with Gasteiger partial charge < -0.3 is 10.2 Å². The fourth-order valence-corrected chi connectivity index (χ4v) is 1.71. The maximum absolute atomic E-state index is 4.62. The molecule has 17 heavy (non-hydrogen) atoms. The first kappa shape index (κ1) is 13.7. The van der Waals surface area contributed by atoms with Gasteiger partial charge in [0.15, 0.2) is 0 Å². The molecule has 0 amide bonds. The molecule has 94 valence electrons. The summed E-state index contributed by atoms with van der Waals surface area (Å²) in [6, 6.07) is 10.4. The van der Waals surface area contributed by atoms with Gasteiger partial charge in [-0.2, -0.15) is 0 Å². The molecule has 1 rings (SSSR count). The Balaban J connectivity index is 2.49. The molecule has 0 aliphatic rings. The molecule has 0 spiro atoms. The van der Waals surface area contributed by atoms with Crippen molar-refractivity contribution < 1.29 is 0 Å². The molecule has 0 fully saturated rings. The quantitative estimate of drug-likeness (QED) is 0.625. The highest BCUT2D eigenvalue weighted by Crippen LogP contribution is 2.05. The molecule has 1 unspecified atom stereocenters. The lowest BCUT2D eigenvalue weighted by atomic mass is 10.3. The summed E-state index contributed by atoms with van der Waals surface area (Å²) in [5.41, 5.74) is 1.09. The number of amidine groups is 1. The van der Waals surface area contributed by atoms with Gasteiger partial charge in [0.25, 0.3) is 0 Å². The predicted molar refractivity (Wildman–Crippen MR) is 75.8 cm³/mol. The van der Waals surface area contributed by atoms with Gasteiger partial charge >= 0.3 is 0 Å². The number of para-hydroxylation sites is 1. The number of benzene rings is 1. The molecular formula is C14H23N3. The summed E-state index contributed by atoms with van der Waals surface area (Å²) in [6.45, 7) is 8.36. The van der Waals surface area contributed by atoms with Crippen molar-refractivity contribution in [1.29, 1.82) is 0 Å². The minimum Gasteiger partial charge on any atom is -0.344 e. The maximum Gasteiger partial charge on any atom is 0.0979 e. The lowest BCUT2D eigenvalue weighted by Gasteiger charge is -2.17. The molecule has 0 saturated heterocycles. The molecule has 1 N–H and O–H groups in total. The van der Waals surface area contributed by atoms with Crippen LogP contribution in [0, 0.1) is 0 Å². The Morgan fingerprint density at radius 3 is 2.59 bits per heavy atom. The van der Waals surface area contributed by atoms with E-state index in [4.69, 9.17) is 0 Å². The van der Waals surface area contributed by atoms with Gasteiger partial charge in [0.1, 0.15) is 0 Å². The monoisotopic (exact) mass is 233 g/mol. The topological polar surface area (TPSA) is 27.6 Å². The van der Waals surface area contributed by atoms with Crippen LogP contribution in [-0.4, -0.2) is 36.9 Å². The van der Waals surface area contributed by atoms with Crippen molar-refractivity contribution in [3.8, 4) is 0 Å². The van der Waals surface area contributed by atoms with Crippen molar-refractivity contribution in [2.45, 2.75) is 26.8 Å². The van der Waals surface area contributed by atoms with Crippen LogP contribution in [0.3, 0.4) is 0 Å². The van der Waals surface area contributed by atoms with Crippen molar-refractivity contribution in [2.75, 3.05) is 25.5 Å². The molecule has 0 radical (unpaired) electrons. The summed E-state index contributed by atoms with van der Waals surface area (Å²) >= 11 is 0. The Labute approximate surface area is 105 Å². The lowest BCUT2D eigenvalue weighted by molar-refractivity contribution is 0.334. The summed E-state index contributed by atoms with van der Waals surface area (Å²) in [5.74, 6) is 0.966. The van der Waals surface area contributed by atoms with Crippen LogP contribution < -0.4 is 5.32 Å². The molecule has 0 saturated carbocycles. The zero-order valence-corrected chi connectivity index (χ0v) is 11.3. The number of aliphatic imine (C=N–C) groups is 1. The Bertz CT molecular complexity index is 346. The second-order valence-electron chi connectivity index (χ2n) is 4.41. The Morgan fingerprint density at radius 1 is 1.35 bits per heavy atom. The van der Waals surface area contributed by atoms with Crippen LogP contribution in [0.5, 0.6) is 0 Å². The van der Waals surface area contributed by atoms with Crippen LogP contribution in [0.4, 0.5) is 5.69 Å². The third-order valence-corrected chi connectivity index (χ3v) is 2.63. The average molecular weight is 233 g/mol. The molecule has 3 heteroatoms. The molecule has 0 aromatic heterocycles. The number of hydrogen-bond acceptors (Lipinski definition) is 2. The van der Waals surface area contributed by atoms with E-state index < -0.39 is 0 Å². The van der Waals surface area contributed by atoms with Crippen LogP contribution in [0.2, 0.25) is 0 Å². The second kappa shape index (κ2) is 7.07. The van der Waals surface area contributed by atoms with E-state index in [2.05, 4.69) is 36.1 Å². The summed E-state index contributed by atoms with van der Waals surface area (Å²) in [6.07, 6.45) is 0. The highest BCUT2D eigenvalue weighted by atomic mass is 15.1. The van der Waals surface area contributed by atoms with Gasteiger partial charge in [0.2, 0.25) is 0 Å². The molecule has 1 aromatic carbocycles. The van der Waals surface area contributed by atoms with Crippen LogP contribution in [0.25, 0.3) is 0 Å². The Morgan fingerprint density at radius 2 is 2.00 bits per heavy atom. The van der Waals surface area contributed by atoms with Gasteiger partial charge in [-0.3, -0.25) is 4.99 Å². The molecule has 0 aliphatic carbocycles. The Hall–Kier alpha value is -1.35. The molecule has 0 aliphatic heterocycles. The third kappa shape index (κ3) is 5.50. The van der Waals surface area contributed by atoms with Crippen molar-refractivity contribution in [1.82, 2.24) is 4.90 Å². The number of anilines is 1. The predicted octanol–water partition coefficient (Wildman–Crippen LogP) is 2.86. The van der Waals surface area contributed by atoms with E-state index in [0.29, 0.717) is 6.04 Å². The van der Waals surface area contributed by atoms with Gasteiger partial charge in [-0.25, -0.2) is 0 Å². The molecule has 3 nitrogen and oxygen atoms in total. The van der Waals surface area contributed by atoms with E-state index >= 15 is 0 Å². The summed E-state index contributed by atoms with van der Waals surface area (Å²) < 4.78 is 0. The fraction of sp³-hybridized carbons (Fsp3) is 0.500. The van der Waals surface area contributed by atoms with Crippen molar-refractivity contribution in [2.24, 2.45) is 4.99 Å². The van der Waals surface area contributed by atoms with Crippen LogP contribution in [0.1, 0.15) is 20.8 Å². The zero-order chi connectivity index (χ0) is 12.7. The van der Waals surface area contributed by atoms with E-state index in [0.717, 1.165) is 24.6 Å². The average Bonchev–Trinajstić information content (AvgIpc) is 2.29. The summed E-state index contributed by atoms with van der Waals surface area (Å²) in [4.78, 5) is 6.89. The lowest BCUT2D eigenvalue weighted by Crippen LogP contribution is -2.27. The first-order valence-corrected chi connectivity index (χ1v) is 6.16. The number of hydrogen-bond donors (Lipinski definition) is 1. The molecule has 0 heterocycles. The van der Waals surface area contributed by atoms with E-state index in [1.165, 1.54) is 0 Å². The first-order valence-electron chi connectivity index (χ1n) is 6.16. The largest absolute Gasteiger partial charge is 0.344 e. The van der Waals surface area contributed by atoms with Crippen molar-refractivity contribution in [3.05, 3.63) is 30.3 Å². The summed E-state index contributed by atoms with van der Waals surface area (Å²) in [5, 5.41) is 3.30. The number of nitrogens with zero attached hydrogens (tertiary/aromatic N) is 2. The minimum absolute atomic E-state index is 0.316. The van der Waals surface area contributed by atoms with Gasteiger partial charge in [0, 0.05) is 12.2 Å². The maximum atomic E-state index is 4.62. The Kier molecular flexibility index (Phi) is 5.70. The van der Waals surface area contributed by atoms with E-state index in [1.54, 1.807) is 0 Å². The molecule has 1 atom stereocenters. The van der Waals surface area contributed by atoms with Gasteiger partial charge in [-0.05, 0) is 39.6 Å². The van der Waals surface area contributed by atoms with E-state index in [1.807, 2.05) is 37.3 Å². The molecule has 0 bridgehead atoms.